The molecule has 58 heavy (non-hydrogen) atoms. The van der Waals surface area contributed by atoms with Crippen molar-refractivity contribution in [1.29, 1.82) is 0 Å². The molecule has 0 aliphatic heterocycles. The minimum atomic E-state index is -1.64. The molecule has 0 aliphatic carbocycles. The molecule has 0 bridgehead atoms. The maximum Gasteiger partial charge on any atom is 0.128 e. The van der Waals surface area contributed by atoms with Crippen molar-refractivity contribution in [1.82, 2.24) is 4.44 Å². The molecule has 0 aliphatic rings. The molecule has 0 saturated heterocycles. The summed E-state index contributed by atoms with van der Waals surface area (Å²) >= 11 is 0. The van der Waals surface area contributed by atoms with E-state index in [0.29, 0.717) is 6.04 Å². The van der Waals surface area contributed by atoms with Crippen molar-refractivity contribution in [3.63, 3.8) is 0 Å². The van der Waals surface area contributed by atoms with E-state index < -0.39 is 32.3 Å². The minimum Gasteiger partial charge on any atom is -0.496 e. The van der Waals surface area contributed by atoms with Gasteiger partial charge in [-0.3, -0.25) is 0 Å². The molecule has 0 aromatic heterocycles. The Morgan fingerprint density at radius 3 is 1.14 bits per heavy atom. The van der Waals surface area contributed by atoms with Gasteiger partial charge in [-0.25, -0.2) is 4.44 Å². The molecule has 4 rings (SSSR count). The lowest BCUT2D eigenvalue weighted by Gasteiger charge is -2.42. The van der Waals surface area contributed by atoms with Crippen molar-refractivity contribution in [3.8, 4) is 5.75 Å². The van der Waals surface area contributed by atoms with Crippen LogP contribution in [0.2, 0.25) is 36.3 Å². The Morgan fingerprint density at radius 1 is 0.448 bits per heavy atom. The summed E-state index contributed by atoms with van der Waals surface area (Å²) in [5, 5.41) is 9.06. The topological polar surface area (TPSA) is 12.5 Å². The first-order chi connectivity index (χ1) is 28.3. The van der Waals surface area contributed by atoms with Crippen LogP contribution >= 0.6 is 16.1 Å². The molecular weight excluding hydrogens is 773 g/mol. The number of hydrogen-bond acceptors (Lipinski definition) is 2. The Hall–Kier alpha value is -2.07. The fourth-order valence-corrected chi connectivity index (χ4v) is 26.7. The van der Waals surface area contributed by atoms with E-state index in [2.05, 4.69) is 163 Å². The van der Waals surface area contributed by atoms with Crippen LogP contribution < -0.4 is 36.3 Å². The molecule has 1 atom stereocenters. The standard InChI is InChI=1S/C52H81NOP2Si2/c1-10-16-39-57(40-17-11-2,41-18-12-3)49-35-31-47(32-36-49)55(48-33-37-50(38-34-48)58(42-19-13-4,43-20-14-5)44-21-15-6)53(45(7)8)56(46-27-23-22-24-28-46)52-30-26-25-29-51(52)54-9/h22-38,45H,10-21,39-44H2,1-9H3. The average Bonchev–Trinajstić information content (AvgIpc) is 3.27. The SMILES string of the molecule is CCCC[Si](CCCC)(CCCC)c1ccc(P(c2ccc([Si](CCCC)(CCCC)CCCC)cc2)N(C(C)C)P(c2ccccc2)c2ccccc2OC)cc1. The summed E-state index contributed by atoms with van der Waals surface area (Å²) in [6, 6.07) is 50.0. The number of benzene rings is 4. The van der Waals surface area contributed by atoms with E-state index >= 15 is 0 Å². The van der Waals surface area contributed by atoms with Crippen LogP contribution in [-0.4, -0.2) is 33.7 Å². The molecule has 0 amide bonds. The third-order valence-corrected chi connectivity index (χ3v) is 29.7. The van der Waals surface area contributed by atoms with E-state index in [-0.39, 0.29) is 0 Å². The highest BCUT2D eigenvalue weighted by atomic mass is 31.2. The number of nitrogens with zero attached hydrogens (tertiary/aromatic N) is 1. The number of methoxy groups -OCH3 is 1. The van der Waals surface area contributed by atoms with Crippen LogP contribution in [0.15, 0.2) is 103 Å². The Labute approximate surface area is 362 Å². The second-order valence-corrected chi connectivity index (χ2v) is 31.1. The van der Waals surface area contributed by atoms with Crippen molar-refractivity contribution in [2.75, 3.05) is 7.11 Å². The molecule has 0 N–H and O–H groups in total. The lowest BCUT2D eigenvalue weighted by molar-refractivity contribution is 0.418. The Morgan fingerprint density at radius 2 is 0.793 bits per heavy atom. The second-order valence-electron chi connectivity index (χ2n) is 17.3. The fourth-order valence-electron chi connectivity index (χ4n) is 9.30. The molecule has 0 saturated carbocycles. The van der Waals surface area contributed by atoms with Gasteiger partial charge < -0.3 is 4.74 Å². The van der Waals surface area contributed by atoms with E-state index in [4.69, 9.17) is 4.74 Å². The summed E-state index contributed by atoms with van der Waals surface area (Å²) in [4.78, 5) is 0. The molecule has 4 aromatic rings. The third kappa shape index (κ3) is 12.7. The first-order valence-corrected chi connectivity index (χ1v) is 31.4. The van der Waals surface area contributed by atoms with Gasteiger partial charge in [-0.05, 0) is 41.9 Å². The maximum absolute atomic E-state index is 6.17. The van der Waals surface area contributed by atoms with Crippen molar-refractivity contribution in [2.24, 2.45) is 0 Å². The lowest BCUT2D eigenvalue weighted by Crippen LogP contribution is -2.48. The zero-order valence-corrected chi connectivity index (χ0v) is 42.2. The minimum absolute atomic E-state index is 0.306. The number of para-hydroxylation sites is 1. The van der Waals surface area contributed by atoms with Crippen molar-refractivity contribution < 1.29 is 4.74 Å². The van der Waals surface area contributed by atoms with Crippen molar-refractivity contribution in [2.45, 2.75) is 175 Å². The Balaban J connectivity index is 1.98. The highest BCUT2D eigenvalue weighted by Crippen LogP contribution is 2.57. The van der Waals surface area contributed by atoms with Gasteiger partial charge in [0.05, 0.1) is 23.3 Å². The zero-order chi connectivity index (χ0) is 41.8. The van der Waals surface area contributed by atoms with Crippen LogP contribution in [0.3, 0.4) is 0 Å². The normalized spacial score (nSPS) is 12.8. The van der Waals surface area contributed by atoms with Gasteiger partial charge >= 0.3 is 0 Å². The highest BCUT2D eigenvalue weighted by molar-refractivity contribution is 7.84. The summed E-state index contributed by atoms with van der Waals surface area (Å²) in [5.41, 5.74) is 0. The van der Waals surface area contributed by atoms with Gasteiger partial charge in [0.25, 0.3) is 0 Å². The predicted octanol–water partition coefficient (Wildman–Crippen LogP) is 13.9. The lowest BCUT2D eigenvalue weighted by atomic mass is 10.3. The smallest absolute Gasteiger partial charge is 0.128 e. The van der Waals surface area contributed by atoms with Gasteiger partial charge in [-0.1, -0.05) is 256 Å². The third-order valence-electron chi connectivity index (χ3n) is 12.7. The summed E-state index contributed by atoms with van der Waals surface area (Å²) in [7, 11) is -3.23. The first kappa shape index (κ1) is 48.6. The molecule has 0 spiro atoms. The largest absolute Gasteiger partial charge is 0.496 e. The molecule has 6 heteroatoms. The molecule has 0 heterocycles. The van der Waals surface area contributed by atoms with E-state index in [1.54, 1.807) is 10.4 Å². The van der Waals surface area contributed by atoms with Gasteiger partial charge in [-0.2, -0.15) is 0 Å². The molecule has 318 valence electrons. The first-order valence-electron chi connectivity index (χ1n) is 23.6. The number of hydrogen-bond donors (Lipinski definition) is 0. The Bertz CT molecular complexity index is 1580. The zero-order valence-electron chi connectivity index (χ0n) is 38.4. The molecular formula is C52H81NOP2Si2. The summed E-state index contributed by atoms with van der Waals surface area (Å²) in [6.07, 6.45) is 15.9. The van der Waals surface area contributed by atoms with Crippen LogP contribution in [0, 0.1) is 0 Å². The second kappa shape index (κ2) is 25.6. The molecule has 4 aromatic carbocycles. The maximum atomic E-state index is 6.17. The van der Waals surface area contributed by atoms with Crippen LogP contribution in [0.4, 0.5) is 0 Å². The van der Waals surface area contributed by atoms with Gasteiger partial charge in [0.1, 0.15) is 5.75 Å². The van der Waals surface area contributed by atoms with Crippen LogP contribution in [0.5, 0.6) is 5.75 Å². The number of ether oxygens (including phenoxy) is 1. The van der Waals surface area contributed by atoms with Gasteiger partial charge in [0.2, 0.25) is 0 Å². The van der Waals surface area contributed by atoms with Gasteiger partial charge in [0, 0.05) is 27.5 Å². The summed E-state index contributed by atoms with van der Waals surface area (Å²) in [6.45, 7) is 19.2. The van der Waals surface area contributed by atoms with Crippen LogP contribution in [-0.2, 0) is 0 Å². The summed E-state index contributed by atoms with van der Waals surface area (Å²) in [5.74, 6) is 0.987. The number of rotatable bonds is 28. The number of unbranched alkanes of at least 4 members (excludes halogenated alkanes) is 6. The van der Waals surface area contributed by atoms with Crippen molar-refractivity contribution in [3.05, 3.63) is 103 Å². The average molecular weight is 854 g/mol. The monoisotopic (exact) mass is 854 g/mol. The van der Waals surface area contributed by atoms with Crippen LogP contribution in [0.1, 0.15) is 132 Å². The van der Waals surface area contributed by atoms with Crippen LogP contribution in [0.25, 0.3) is 0 Å². The molecule has 0 fully saturated rings. The highest BCUT2D eigenvalue weighted by Gasteiger charge is 2.38. The van der Waals surface area contributed by atoms with Gasteiger partial charge in [-0.15, -0.1) is 0 Å². The predicted molar refractivity (Wildman–Crippen MR) is 271 cm³/mol. The van der Waals surface area contributed by atoms with Crippen molar-refractivity contribution >= 4 is 63.9 Å². The fraction of sp³-hybridized carbons (Fsp3) is 0.538. The quantitative estimate of drug-likeness (QED) is 0.0417. The van der Waals surface area contributed by atoms with E-state index in [1.165, 1.54) is 135 Å². The van der Waals surface area contributed by atoms with Gasteiger partial charge in [0.15, 0.2) is 0 Å². The van der Waals surface area contributed by atoms with E-state index in [1.807, 2.05) is 7.11 Å². The summed E-state index contributed by atoms with van der Waals surface area (Å²) < 4.78 is 9.10. The molecule has 2 nitrogen and oxygen atoms in total. The molecule has 1 unspecified atom stereocenters. The Kier molecular flexibility index (Phi) is 21.5. The van der Waals surface area contributed by atoms with E-state index in [0.717, 1.165) is 5.75 Å². The van der Waals surface area contributed by atoms with E-state index in [9.17, 15) is 0 Å². The molecule has 0 radical (unpaired) electrons.